The second-order valence-electron chi connectivity index (χ2n) is 3.24. The van der Waals surface area contributed by atoms with Gasteiger partial charge in [-0.15, -0.1) is 0 Å². The second kappa shape index (κ2) is 6.81. The predicted molar refractivity (Wildman–Crippen MR) is 61.6 cm³/mol. The fourth-order valence-corrected chi connectivity index (χ4v) is 1.34. The fourth-order valence-electron chi connectivity index (χ4n) is 1.34. The van der Waals surface area contributed by atoms with Crippen molar-refractivity contribution in [2.45, 2.75) is 12.8 Å². The van der Waals surface area contributed by atoms with E-state index in [0.29, 0.717) is 6.29 Å². The van der Waals surface area contributed by atoms with Gasteiger partial charge < -0.3 is 4.79 Å². The van der Waals surface area contributed by atoms with Crippen LogP contribution in [0.2, 0.25) is 0 Å². The molecule has 0 saturated carbocycles. The number of rotatable bonds is 6. The van der Waals surface area contributed by atoms with Crippen molar-refractivity contribution in [2.75, 3.05) is 0 Å². The highest BCUT2D eigenvalue weighted by Gasteiger charge is 2.11. The Hall–Kier alpha value is -2.68. The van der Waals surface area contributed by atoms with Gasteiger partial charge in [0.1, 0.15) is 6.29 Å². The second-order valence-corrected chi connectivity index (χ2v) is 3.24. The van der Waals surface area contributed by atoms with Crippen molar-refractivity contribution in [3.63, 3.8) is 0 Å². The van der Waals surface area contributed by atoms with Gasteiger partial charge in [0.15, 0.2) is 5.78 Å². The summed E-state index contributed by atoms with van der Waals surface area (Å²) < 4.78 is 0. The third-order valence-corrected chi connectivity index (χ3v) is 2.11. The third kappa shape index (κ3) is 3.42. The summed E-state index contributed by atoms with van der Waals surface area (Å²) >= 11 is 0. The molecule has 1 rings (SSSR count). The highest BCUT2D eigenvalue weighted by atomic mass is 16.1. The van der Waals surface area contributed by atoms with Gasteiger partial charge in [-0.25, -0.2) is 9.59 Å². The van der Waals surface area contributed by atoms with Gasteiger partial charge in [0.25, 0.3) is 0 Å². The first-order valence-electron chi connectivity index (χ1n) is 4.99. The highest BCUT2D eigenvalue weighted by Crippen LogP contribution is 2.26. The summed E-state index contributed by atoms with van der Waals surface area (Å²) in [6, 6.07) is 4.10. The molecule has 1 aromatic carbocycles. The zero-order valence-corrected chi connectivity index (χ0v) is 9.25. The summed E-state index contributed by atoms with van der Waals surface area (Å²) in [6.45, 7) is 0. The maximum absolute atomic E-state index is 11.7. The first kappa shape index (κ1) is 13.4. The van der Waals surface area contributed by atoms with Crippen LogP contribution < -0.4 is 0 Å². The number of ketones is 1. The molecular weight excluding hydrogens is 236 g/mol. The molecular formula is C12H8N2O4. The minimum atomic E-state index is -0.322. The summed E-state index contributed by atoms with van der Waals surface area (Å²) in [5, 5.41) is 0. The minimum Gasteiger partial charge on any atom is -0.303 e. The van der Waals surface area contributed by atoms with Gasteiger partial charge >= 0.3 is 0 Å². The van der Waals surface area contributed by atoms with Crippen LogP contribution in [0.1, 0.15) is 23.2 Å². The Kier molecular flexibility index (Phi) is 5.06. The van der Waals surface area contributed by atoms with Crippen molar-refractivity contribution in [3.8, 4) is 0 Å². The maximum Gasteiger partial charge on any atom is 0.240 e. The van der Waals surface area contributed by atoms with Crippen molar-refractivity contribution in [1.82, 2.24) is 0 Å². The van der Waals surface area contributed by atoms with Gasteiger partial charge in [-0.2, -0.15) is 9.98 Å². The van der Waals surface area contributed by atoms with E-state index in [9.17, 15) is 19.2 Å². The van der Waals surface area contributed by atoms with E-state index < -0.39 is 0 Å². The van der Waals surface area contributed by atoms with E-state index >= 15 is 0 Å². The number of isocyanates is 2. The minimum absolute atomic E-state index is 0.0289. The van der Waals surface area contributed by atoms with Crippen molar-refractivity contribution in [3.05, 3.63) is 23.8 Å². The molecule has 0 aliphatic carbocycles. The quantitative estimate of drug-likeness (QED) is 0.330. The molecule has 0 unspecified atom stereocenters. The molecule has 0 aliphatic rings. The molecule has 0 amide bonds. The van der Waals surface area contributed by atoms with Crippen LogP contribution in [-0.4, -0.2) is 24.2 Å². The van der Waals surface area contributed by atoms with Crippen LogP contribution in [0.25, 0.3) is 0 Å². The Morgan fingerprint density at radius 3 is 2.56 bits per heavy atom. The number of benzene rings is 1. The first-order chi connectivity index (χ1) is 8.72. The van der Waals surface area contributed by atoms with Crippen LogP contribution >= 0.6 is 0 Å². The Balaban J connectivity index is 3.18. The number of Topliss-reactive ketones (excluding diaryl/α,β-unsaturated/α-hetero) is 1. The number of aliphatic imine (C=N–C) groups is 2. The zero-order chi connectivity index (χ0) is 13.4. The molecule has 1 aromatic rings. The number of carbonyl (C=O) groups is 2. The number of aldehydes is 1. The average Bonchev–Trinajstić information content (AvgIpc) is 2.37. The van der Waals surface area contributed by atoms with Crippen LogP contribution in [0.3, 0.4) is 0 Å². The molecule has 0 spiro atoms. The Morgan fingerprint density at radius 1 is 1.22 bits per heavy atom. The molecule has 0 aliphatic heterocycles. The van der Waals surface area contributed by atoms with Gasteiger partial charge in [0.05, 0.1) is 11.4 Å². The molecule has 90 valence electrons. The van der Waals surface area contributed by atoms with E-state index in [1.807, 2.05) is 0 Å². The lowest BCUT2D eigenvalue weighted by Gasteiger charge is -2.02. The topological polar surface area (TPSA) is 93.0 Å². The van der Waals surface area contributed by atoms with Gasteiger partial charge in [-0.05, 0) is 18.2 Å². The highest BCUT2D eigenvalue weighted by molar-refractivity contribution is 6.02. The molecule has 0 saturated heterocycles. The maximum atomic E-state index is 11.7. The fraction of sp³-hybridized carbons (Fsp3) is 0.167. The van der Waals surface area contributed by atoms with Gasteiger partial charge in [-0.1, -0.05) is 0 Å². The lowest BCUT2D eigenvalue weighted by atomic mass is 10.0. The van der Waals surface area contributed by atoms with E-state index in [2.05, 4.69) is 9.98 Å². The molecule has 0 N–H and O–H groups in total. The van der Waals surface area contributed by atoms with Crippen LogP contribution in [0, 0.1) is 0 Å². The van der Waals surface area contributed by atoms with E-state index in [4.69, 9.17) is 0 Å². The number of nitrogens with zero attached hydrogens (tertiary/aromatic N) is 2. The zero-order valence-electron chi connectivity index (χ0n) is 9.25. The molecule has 0 aromatic heterocycles. The lowest BCUT2D eigenvalue weighted by molar-refractivity contribution is -0.107. The molecule has 0 atom stereocenters. The van der Waals surface area contributed by atoms with Gasteiger partial charge in [0.2, 0.25) is 12.2 Å². The summed E-state index contributed by atoms with van der Waals surface area (Å²) in [4.78, 5) is 49.0. The molecule has 0 bridgehead atoms. The third-order valence-electron chi connectivity index (χ3n) is 2.11. The largest absolute Gasteiger partial charge is 0.303 e. The van der Waals surface area contributed by atoms with E-state index in [0.717, 1.165) is 0 Å². The average molecular weight is 244 g/mol. The van der Waals surface area contributed by atoms with Crippen molar-refractivity contribution in [1.29, 1.82) is 0 Å². The molecule has 0 fully saturated rings. The smallest absolute Gasteiger partial charge is 0.240 e. The lowest BCUT2D eigenvalue weighted by Crippen LogP contribution is -1.99. The standard InChI is InChI=1S/C12H8N2O4/c15-5-1-2-12(18)10-4-3-9(13-7-16)6-11(10)14-8-17/h3-6H,1-2H2. The van der Waals surface area contributed by atoms with E-state index in [-0.39, 0.29) is 35.6 Å². The van der Waals surface area contributed by atoms with Crippen LogP contribution in [0.5, 0.6) is 0 Å². The summed E-state index contributed by atoms with van der Waals surface area (Å²) in [5.41, 5.74) is 0.480. The van der Waals surface area contributed by atoms with Crippen LogP contribution in [0.4, 0.5) is 11.4 Å². The van der Waals surface area contributed by atoms with Gasteiger partial charge in [-0.3, -0.25) is 4.79 Å². The predicted octanol–water partition coefficient (Wildman–Crippen LogP) is 1.78. The van der Waals surface area contributed by atoms with Crippen molar-refractivity contribution < 1.29 is 19.2 Å². The Morgan fingerprint density at radius 2 is 1.94 bits per heavy atom. The van der Waals surface area contributed by atoms with Crippen LogP contribution in [0.15, 0.2) is 28.2 Å². The number of hydrogen-bond acceptors (Lipinski definition) is 6. The van der Waals surface area contributed by atoms with Gasteiger partial charge in [0, 0.05) is 18.4 Å². The van der Waals surface area contributed by atoms with E-state index in [1.54, 1.807) is 0 Å². The van der Waals surface area contributed by atoms with Crippen LogP contribution in [-0.2, 0) is 14.4 Å². The van der Waals surface area contributed by atoms with Crippen molar-refractivity contribution >= 4 is 35.6 Å². The van der Waals surface area contributed by atoms with E-state index in [1.165, 1.54) is 30.4 Å². The molecule has 0 heterocycles. The van der Waals surface area contributed by atoms with Crippen molar-refractivity contribution in [2.24, 2.45) is 9.98 Å². The molecule has 6 heteroatoms. The SMILES string of the molecule is O=C=Nc1ccc(C(=O)CCC=O)c(N=C=O)c1. The molecule has 6 nitrogen and oxygen atoms in total. The normalized spacial score (nSPS) is 8.89. The monoisotopic (exact) mass is 244 g/mol. The summed E-state index contributed by atoms with van der Waals surface area (Å²) in [6.07, 6.45) is 3.41. The first-order valence-corrected chi connectivity index (χ1v) is 4.99. The summed E-state index contributed by atoms with van der Waals surface area (Å²) in [7, 11) is 0. The number of hydrogen-bond donors (Lipinski definition) is 0. The number of carbonyl (C=O) groups excluding carboxylic acids is 4. The summed E-state index contributed by atoms with van der Waals surface area (Å²) in [5.74, 6) is -0.322. The Bertz CT molecular complexity index is 567. The molecule has 18 heavy (non-hydrogen) atoms. The Labute approximate surface area is 102 Å². The molecule has 0 radical (unpaired) electrons.